The summed E-state index contributed by atoms with van der Waals surface area (Å²) in [6, 6.07) is 3.30. The zero-order valence-corrected chi connectivity index (χ0v) is 10.3. The molecule has 1 aromatic rings. The van der Waals surface area contributed by atoms with Crippen LogP contribution in [-0.4, -0.2) is 27.7 Å². The fourth-order valence-electron chi connectivity index (χ4n) is 2.46. The molecule has 0 spiro atoms. The first-order valence-corrected chi connectivity index (χ1v) is 6.11. The molecule has 2 rings (SSSR count). The average Bonchev–Trinajstić information content (AvgIpc) is 2.76. The highest BCUT2D eigenvalue weighted by atomic mass is 16.6. The molecule has 2 N–H and O–H groups in total. The van der Waals surface area contributed by atoms with E-state index in [0.29, 0.717) is 11.5 Å². The van der Waals surface area contributed by atoms with Crippen molar-refractivity contribution >= 4 is 11.5 Å². The Bertz CT molecular complexity index is 450. The fourth-order valence-corrected chi connectivity index (χ4v) is 2.46. The third-order valence-electron chi connectivity index (χ3n) is 3.48. The molecule has 1 aromatic heterocycles. The topological polar surface area (TPSA) is 88.3 Å². The van der Waals surface area contributed by atoms with Crippen LogP contribution in [0.15, 0.2) is 12.1 Å². The van der Waals surface area contributed by atoms with Gasteiger partial charge in [0.15, 0.2) is 0 Å². The Kier molecular flexibility index (Phi) is 3.76. The lowest BCUT2D eigenvalue weighted by Gasteiger charge is -2.19. The number of hydrogen-bond donors (Lipinski definition) is 2. The maximum atomic E-state index is 10.7. The van der Waals surface area contributed by atoms with Crippen molar-refractivity contribution in [3.63, 3.8) is 0 Å². The van der Waals surface area contributed by atoms with Gasteiger partial charge in [-0.2, -0.15) is 0 Å². The molecule has 0 aromatic carbocycles. The van der Waals surface area contributed by atoms with Gasteiger partial charge in [0.1, 0.15) is 11.5 Å². The first-order valence-electron chi connectivity index (χ1n) is 6.11. The standard InChI is InChI=1S/C12H17N3O3/c1-8-11(15(17)18)5-6-12(13-8)14-10-4-2-3-9(10)7-16/h5-6,9-10,16H,2-4,7H2,1H3,(H,13,14). The van der Waals surface area contributed by atoms with Crippen molar-refractivity contribution in [2.45, 2.75) is 32.2 Å². The van der Waals surface area contributed by atoms with Crippen molar-refractivity contribution in [2.75, 3.05) is 11.9 Å². The Morgan fingerprint density at radius 3 is 2.94 bits per heavy atom. The van der Waals surface area contributed by atoms with Crippen LogP contribution < -0.4 is 5.32 Å². The van der Waals surface area contributed by atoms with E-state index in [9.17, 15) is 15.2 Å². The normalized spacial score (nSPS) is 23.0. The molecule has 0 bridgehead atoms. The smallest absolute Gasteiger partial charge is 0.290 e. The van der Waals surface area contributed by atoms with Gasteiger partial charge in [-0.25, -0.2) is 4.98 Å². The van der Waals surface area contributed by atoms with Gasteiger partial charge < -0.3 is 10.4 Å². The summed E-state index contributed by atoms with van der Waals surface area (Å²) in [6.45, 7) is 1.80. The van der Waals surface area contributed by atoms with Gasteiger partial charge >= 0.3 is 0 Å². The largest absolute Gasteiger partial charge is 0.396 e. The van der Waals surface area contributed by atoms with Crippen LogP contribution in [0.1, 0.15) is 25.0 Å². The summed E-state index contributed by atoms with van der Waals surface area (Å²) >= 11 is 0. The van der Waals surface area contributed by atoms with E-state index in [0.717, 1.165) is 19.3 Å². The second-order valence-corrected chi connectivity index (χ2v) is 4.68. The fraction of sp³-hybridized carbons (Fsp3) is 0.583. The monoisotopic (exact) mass is 251 g/mol. The lowest BCUT2D eigenvalue weighted by molar-refractivity contribution is -0.385. The van der Waals surface area contributed by atoms with Crippen LogP contribution in [0, 0.1) is 23.0 Å². The van der Waals surface area contributed by atoms with Crippen LogP contribution in [0.5, 0.6) is 0 Å². The van der Waals surface area contributed by atoms with Crippen LogP contribution in [0.3, 0.4) is 0 Å². The van der Waals surface area contributed by atoms with Crippen molar-refractivity contribution in [2.24, 2.45) is 5.92 Å². The van der Waals surface area contributed by atoms with Crippen LogP contribution >= 0.6 is 0 Å². The molecule has 18 heavy (non-hydrogen) atoms. The minimum Gasteiger partial charge on any atom is -0.396 e. The molecule has 6 nitrogen and oxygen atoms in total. The van der Waals surface area contributed by atoms with Crippen molar-refractivity contribution in [3.8, 4) is 0 Å². The Morgan fingerprint density at radius 2 is 2.33 bits per heavy atom. The van der Waals surface area contributed by atoms with Gasteiger partial charge in [0.05, 0.1) is 4.92 Å². The van der Waals surface area contributed by atoms with Gasteiger partial charge in [0, 0.05) is 24.6 Å². The van der Waals surface area contributed by atoms with Gasteiger partial charge in [-0.05, 0) is 25.8 Å². The average molecular weight is 251 g/mol. The van der Waals surface area contributed by atoms with E-state index >= 15 is 0 Å². The number of aliphatic hydroxyl groups excluding tert-OH is 1. The van der Waals surface area contributed by atoms with Crippen LogP contribution in [-0.2, 0) is 0 Å². The lowest BCUT2D eigenvalue weighted by Crippen LogP contribution is -2.26. The molecule has 0 aliphatic heterocycles. The van der Waals surface area contributed by atoms with Crippen LogP contribution in [0.4, 0.5) is 11.5 Å². The number of aryl methyl sites for hydroxylation is 1. The number of aromatic nitrogens is 1. The Hall–Kier alpha value is -1.69. The zero-order valence-electron chi connectivity index (χ0n) is 10.3. The maximum Gasteiger partial charge on any atom is 0.290 e. The zero-order chi connectivity index (χ0) is 13.1. The molecule has 2 unspecified atom stereocenters. The van der Waals surface area contributed by atoms with Gasteiger partial charge in [0.25, 0.3) is 5.69 Å². The summed E-state index contributed by atoms with van der Waals surface area (Å²) in [5, 5.41) is 23.2. The molecule has 98 valence electrons. The summed E-state index contributed by atoms with van der Waals surface area (Å²) in [4.78, 5) is 14.4. The molecule has 1 saturated carbocycles. The molecule has 2 atom stereocenters. The number of hydrogen-bond acceptors (Lipinski definition) is 5. The number of rotatable bonds is 4. The molecule has 1 heterocycles. The molecular formula is C12H17N3O3. The molecule has 1 aliphatic carbocycles. The van der Waals surface area contributed by atoms with Gasteiger partial charge in [-0.1, -0.05) is 6.42 Å². The first kappa shape index (κ1) is 12.8. The highest BCUT2D eigenvalue weighted by Crippen LogP contribution is 2.28. The van der Waals surface area contributed by atoms with E-state index < -0.39 is 4.92 Å². The summed E-state index contributed by atoms with van der Waals surface area (Å²) < 4.78 is 0. The summed E-state index contributed by atoms with van der Waals surface area (Å²) in [6.07, 6.45) is 3.11. The van der Waals surface area contributed by atoms with E-state index in [1.807, 2.05) is 0 Å². The van der Waals surface area contributed by atoms with E-state index in [-0.39, 0.29) is 24.3 Å². The Morgan fingerprint density at radius 1 is 1.56 bits per heavy atom. The van der Waals surface area contributed by atoms with Gasteiger partial charge in [-0.3, -0.25) is 10.1 Å². The molecule has 0 radical (unpaired) electrons. The number of nitrogens with one attached hydrogen (secondary N) is 1. The van der Waals surface area contributed by atoms with E-state index in [4.69, 9.17) is 0 Å². The van der Waals surface area contributed by atoms with Crippen molar-refractivity contribution in [1.29, 1.82) is 0 Å². The minimum absolute atomic E-state index is 0.0330. The lowest BCUT2D eigenvalue weighted by atomic mass is 10.1. The molecule has 1 aliphatic rings. The predicted octanol–water partition coefficient (Wildman–Crippen LogP) is 1.87. The first-order chi connectivity index (χ1) is 8.61. The number of nitrogens with zero attached hydrogens (tertiary/aromatic N) is 2. The van der Waals surface area contributed by atoms with Crippen molar-refractivity contribution < 1.29 is 10.0 Å². The van der Waals surface area contributed by atoms with Crippen molar-refractivity contribution in [1.82, 2.24) is 4.98 Å². The van der Waals surface area contributed by atoms with Crippen molar-refractivity contribution in [3.05, 3.63) is 27.9 Å². The highest BCUT2D eigenvalue weighted by molar-refractivity contribution is 5.45. The van der Waals surface area contributed by atoms with E-state index in [1.54, 1.807) is 13.0 Å². The Labute approximate surface area is 105 Å². The van der Waals surface area contributed by atoms with E-state index in [1.165, 1.54) is 6.07 Å². The van der Waals surface area contributed by atoms with Crippen LogP contribution in [0.25, 0.3) is 0 Å². The SMILES string of the molecule is Cc1nc(NC2CCCC2CO)ccc1[N+](=O)[O-]. The van der Waals surface area contributed by atoms with Crippen LogP contribution in [0.2, 0.25) is 0 Å². The predicted molar refractivity (Wildman–Crippen MR) is 67.5 cm³/mol. The summed E-state index contributed by atoms with van der Waals surface area (Å²) in [5.74, 6) is 0.894. The number of aliphatic hydroxyl groups is 1. The summed E-state index contributed by atoms with van der Waals surface area (Å²) in [5.41, 5.74) is 0.439. The van der Waals surface area contributed by atoms with Gasteiger partial charge in [-0.15, -0.1) is 0 Å². The second kappa shape index (κ2) is 5.30. The number of anilines is 1. The maximum absolute atomic E-state index is 10.7. The quantitative estimate of drug-likeness (QED) is 0.630. The molecule has 0 amide bonds. The Balaban J connectivity index is 2.10. The molecule has 0 saturated heterocycles. The minimum atomic E-state index is -0.432. The highest BCUT2D eigenvalue weighted by Gasteiger charge is 2.26. The van der Waals surface area contributed by atoms with E-state index in [2.05, 4.69) is 10.3 Å². The van der Waals surface area contributed by atoms with Gasteiger partial charge in [0.2, 0.25) is 0 Å². The molecule has 1 fully saturated rings. The third kappa shape index (κ3) is 2.59. The third-order valence-corrected chi connectivity index (χ3v) is 3.48. The summed E-state index contributed by atoms with van der Waals surface area (Å²) in [7, 11) is 0. The molecular weight excluding hydrogens is 234 g/mol. The number of pyridine rings is 1. The molecule has 6 heteroatoms. The number of nitro groups is 1. The second-order valence-electron chi connectivity index (χ2n) is 4.68.